The minimum atomic E-state index is -0.699. The predicted octanol–water partition coefficient (Wildman–Crippen LogP) is 3.36. The van der Waals surface area contributed by atoms with Crippen LogP contribution in [-0.2, 0) is 35.5 Å². The molecule has 0 unspecified atom stereocenters. The SMILES string of the molecule is O=C(NCCc1ccc(N2CCc3ccccc3C2)cc1)C(=O)NCc1ccc(F)cc1. The fraction of sp³-hybridized carbons (Fsp3) is 0.231. The molecule has 0 spiro atoms. The summed E-state index contributed by atoms with van der Waals surface area (Å²) < 4.78 is 12.9. The number of fused-ring (bicyclic) bond motifs is 1. The summed E-state index contributed by atoms with van der Waals surface area (Å²) in [6.07, 6.45) is 1.69. The van der Waals surface area contributed by atoms with Gasteiger partial charge in [-0.15, -0.1) is 0 Å². The second kappa shape index (κ2) is 10.1. The number of carbonyl (C=O) groups is 2. The Hall–Kier alpha value is -3.67. The van der Waals surface area contributed by atoms with E-state index in [0.29, 0.717) is 13.0 Å². The fourth-order valence-corrected chi connectivity index (χ4v) is 3.86. The Balaban J connectivity index is 1.21. The summed E-state index contributed by atoms with van der Waals surface area (Å²) in [7, 11) is 0. The highest BCUT2D eigenvalue weighted by molar-refractivity contribution is 6.35. The van der Waals surface area contributed by atoms with Gasteiger partial charge in [0.1, 0.15) is 5.82 Å². The van der Waals surface area contributed by atoms with E-state index in [1.54, 1.807) is 12.1 Å². The summed E-state index contributed by atoms with van der Waals surface area (Å²) >= 11 is 0. The average Bonchev–Trinajstić information content (AvgIpc) is 2.83. The highest BCUT2D eigenvalue weighted by Gasteiger charge is 2.16. The van der Waals surface area contributed by atoms with Gasteiger partial charge in [0.25, 0.3) is 0 Å². The van der Waals surface area contributed by atoms with Crippen molar-refractivity contribution in [3.8, 4) is 0 Å². The van der Waals surface area contributed by atoms with Crippen LogP contribution in [0.2, 0.25) is 0 Å². The molecule has 0 saturated heterocycles. The first-order chi connectivity index (χ1) is 15.6. The molecule has 1 heterocycles. The van der Waals surface area contributed by atoms with Crippen molar-refractivity contribution in [1.82, 2.24) is 10.6 Å². The lowest BCUT2D eigenvalue weighted by Gasteiger charge is -2.30. The van der Waals surface area contributed by atoms with Crippen LogP contribution in [0.4, 0.5) is 10.1 Å². The normalized spacial score (nSPS) is 12.7. The molecule has 0 radical (unpaired) electrons. The number of hydrogen-bond donors (Lipinski definition) is 2. The lowest BCUT2D eigenvalue weighted by molar-refractivity contribution is -0.139. The van der Waals surface area contributed by atoms with Gasteiger partial charge in [0.2, 0.25) is 0 Å². The molecule has 1 aliphatic rings. The van der Waals surface area contributed by atoms with Gasteiger partial charge in [-0.05, 0) is 59.4 Å². The number of amides is 2. The molecule has 0 fully saturated rings. The van der Waals surface area contributed by atoms with Crippen molar-refractivity contribution in [1.29, 1.82) is 0 Å². The zero-order valence-electron chi connectivity index (χ0n) is 17.8. The first-order valence-electron chi connectivity index (χ1n) is 10.8. The molecule has 0 saturated carbocycles. The Morgan fingerprint density at radius 2 is 1.47 bits per heavy atom. The summed E-state index contributed by atoms with van der Waals surface area (Å²) in [5, 5.41) is 5.18. The van der Waals surface area contributed by atoms with Gasteiger partial charge >= 0.3 is 11.8 Å². The molecule has 6 heteroatoms. The lowest BCUT2D eigenvalue weighted by Crippen LogP contribution is -2.40. The third kappa shape index (κ3) is 5.52. The molecule has 5 nitrogen and oxygen atoms in total. The van der Waals surface area contributed by atoms with E-state index in [1.807, 2.05) is 0 Å². The number of hydrogen-bond acceptors (Lipinski definition) is 3. The number of nitrogens with zero attached hydrogens (tertiary/aromatic N) is 1. The topological polar surface area (TPSA) is 61.4 Å². The van der Waals surface area contributed by atoms with E-state index in [4.69, 9.17) is 0 Å². The molecule has 164 valence electrons. The molecule has 3 aromatic carbocycles. The second-order valence-electron chi connectivity index (χ2n) is 7.92. The van der Waals surface area contributed by atoms with E-state index in [9.17, 15) is 14.0 Å². The lowest BCUT2D eigenvalue weighted by atomic mass is 9.99. The van der Waals surface area contributed by atoms with E-state index in [1.165, 1.54) is 28.9 Å². The van der Waals surface area contributed by atoms with Crippen molar-refractivity contribution in [2.45, 2.75) is 25.9 Å². The van der Waals surface area contributed by atoms with Gasteiger partial charge < -0.3 is 15.5 Å². The predicted molar refractivity (Wildman–Crippen MR) is 123 cm³/mol. The van der Waals surface area contributed by atoms with Gasteiger partial charge in [-0.3, -0.25) is 9.59 Å². The maximum Gasteiger partial charge on any atom is 0.309 e. The molecular weight excluding hydrogens is 405 g/mol. The molecule has 0 atom stereocenters. The van der Waals surface area contributed by atoms with Crippen LogP contribution >= 0.6 is 0 Å². The van der Waals surface area contributed by atoms with Crippen molar-refractivity contribution in [2.24, 2.45) is 0 Å². The largest absolute Gasteiger partial charge is 0.367 e. The number of carbonyl (C=O) groups excluding carboxylic acids is 2. The molecule has 1 aliphatic heterocycles. The first-order valence-corrected chi connectivity index (χ1v) is 10.8. The number of benzene rings is 3. The second-order valence-corrected chi connectivity index (χ2v) is 7.92. The molecule has 0 aliphatic carbocycles. The molecule has 3 aromatic rings. The highest BCUT2D eigenvalue weighted by atomic mass is 19.1. The van der Waals surface area contributed by atoms with E-state index < -0.39 is 11.8 Å². The monoisotopic (exact) mass is 431 g/mol. The summed E-state index contributed by atoms with van der Waals surface area (Å²) in [5.41, 5.74) is 5.82. The van der Waals surface area contributed by atoms with E-state index in [-0.39, 0.29) is 12.4 Å². The van der Waals surface area contributed by atoms with Crippen LogP contribution in [0.5, 0.6) is 0 Å². The van der Waals surface area contributed by atoms with Crippen LogP contribution in [0.25, 0.3) is 0 Å². The van der Waals surface area contributed by atoms with Crippen LogP contribution in [0.3, 0.4) is 0 Å². The van der Waals surface area contributed by atoms with Gasteiger partial charge in [-0.1, -0.05) is 48.5 Å². The zero-order valence-corrected chi connectivity index (χ0v) is 17.8. The van der Waals surface area contributed by atoms with Crippen molar-refractivity contribution in [3.63, 3.8) is 0 Å². The highest BCUT2D eigenvalue weighted by Crippen LogP contribution is 2.24. The van der Waals surface area contributed by atoms with Gasteiger partial charge in [0.05, 0.1) is 0 Å². The van der Waals surface area contributed by atoms with Crippen molar-refractivity contribution in [3.05, 3.63) is 101 Å². The first kappa shape index (κ1) is 21.6. The Morgan fingerprint density at radius 3 is 2.22 bits per heavy atom. The summed E-state index contributed by atoms with van der Waals surface area (Å²) in [6, 6.07) is 22.7. The smallest absolute Gasteiger partial charge is 0.309 e. The number of halogens is 1. The molecule has 2 amide bonds. The summed E-state index contributed by atoms with van der Waals surface area (Å²) in [6.45, 7) is 2.46. The molecule has 2 N–H and O–H groups in total. The van der Waals surface area contributed by atoms with Crippen molar-refractivity contribution >= 4 is 17.5 Å². The Labute approximate surface area is 187 Å². The molecule has 0 bridgehead atoms. The molecule has 0 aromatic heterocycles. The number of nitrogens with one attached hydrogen (secondary N) is 2. The zero-order chi connectivity index (χ0) is 22.3. The van der Waals surface area contributed by atoms with Crippen molar-refractivity contribution < 1.29 is 14.0 Å². The quantitative estimate of drug-likeness (QED) is 0.589. The van der Waals surface area contributed by atoms with Crippen LogP contribution in [0, 0.1) is 5.82 Å². The number of anilines is 1. The maximum atomic E-state index is 12.9. The maximum absolute atomic E-state index is 12.9. The molecule has 4 rings (SSSR count). The van der Waals surface area contributed by atoms with Crippen LogP contribution in [-0.4, -0.2) is 24.9 Å². The number of rotatable bonds is 6. The van der Waals surface area contributed by atoms with Crippen LogP contribution in [0.15, 0.2) is 72.8 Å². The molecular formula is C26H26FN3O2. The van der Waals surface area contributed by atoms with Crippen LogP contribution in [0.1, 0.15) is 22.3 Å². The Morgan fingerprint density at radius 1 is 0.812 bits per heavy atom. The minimum absolute atomic E-state index is 0.176. The van der Waals surface area contributed by atoms with Crippen molar-refractivity contribution in [2.75, 3.05) is 18.0 Å². The van der Waals surface area contributed by atoms with Gasteiger partial charge in [0.15, 0.2) is 0 Å². The van der Waals surface area contributed by atoms with Gasteiger partial charge in [-0.2, -0.15) is 0 Å². The Kier molecular flexibility index (Phi) is 6.80. The van der Waals surface area contributed by atoms with E-state index >= 15 is 0 Å². The Bertz CT molecular complexity index is 1080. The summed E-state index contributed by atoms with van der Waals surface area (Å²) in [4.78, 5) is 26.3. The standard InChI is InChI=1S/C26H26FN3O2/c27-23-9-5-20(6-10-23)17-29-26(32)25(31)28-15-13-19-7-11-24(12-8-19)30-16-14-21-3-1-2-4-22(21)18-30/h1-12H,13-18H2,(H,28,31)(H,29,32). The van der Waals surface area contributed by atoms with E-state index in [0.717, 1.165) is 30.6 Å². The third-order valence-corrected chi connectivity index (χ3v) is 5.70. The average molecular weight is 432 g/mol. The fourth-order valence-electron chi connectivity index (χ4n) is 3.86. The third-order valence-electron chi connectivity index (χ3n) is 5.70. The van der Waals surface area contributed by atoms with Gasteiger partial charge in [-0.25, -0.2) is 4.39 Å². The van der Waals surface area contributed by atoms with Gasteiger partial charge in [0, 0.05) is 31.9 Å². The summed E-state index contributed by atoms with van der Waals surface area (Å²) in [5.74, 6) is -1.71. The van der Waals surface area contributed by atoms with Crippen LogP contribution < -0.4 is 15.5 Å². The molecule has 32 heavy (non-hydrogen) atoms. The van der Waals surface area contributed by atoms with E-state index in [2.05, 4.69) is 64.1 Å². The minimum Gasteiger partial charge on any atom is -0.367 e.